The molecule has 2 rings (SSSR count). The first-order chi connectivity index (χ1) is 8.97. The lowest BCUT2D eigenvalue weighted by Crippen LogP contribution is -2.36. The molecular weight excluding hydrogens is 244 g/mol. The van der Waals surface area contributed by atoms with Crippen molar-refractivity contribution in [2.75, 3.05) is 18.5 Å². The van der Waals surface area contributed by atoms with Crippen LogP contribution in [0.3, 0.4) is 0 Å². The van der Waals surface area contributed by atoms with Crippen LogP contribution in [0.25, 0.3) is 0 Å². The Labute approximate surface area is 112 Å². The van der Waals surface area contributed by atoms with Gasteiger partial charge in [0, 0.05) is 30.4 Å². The van der Waals surface area contributed by atoms with E-state index < -0.39 is 6.10 Å². The Morgan fingerprint density at radius 2 is 2.21 bits per heavy atom. The summed E-state index contributed by atoms with van der Waals surface area (Å²) in [7, 11) is 1.79. The van der Waals surface area contributed by atoms with Crippen molar-refractivity contribution in [1.29, 1.82) is 0 Å². The van der Waals surface area contributed by atoms with E-state index in [4.69, 9.17) is 0 Å². The van der Waals surface area contributed by atoms with Gasteiger partial charge >= 0.3 is 0 Å². The highest BCUT2D eigenvalue weighted by molar-refractivity contribution is 5.81. The lowest BCUT2D eigenvalue weighted by atomic mass is 10.1. The monoisotopic (exact) mass is 264 g/mol. The Morgan fingerprint density at radius 1 is 1.53 bits per heavy atom. The second kappa shape index (κ2) is 5.48. The van der Waals surface area contributed by atoms with Gasteiger partial charge in [-0.15, -0.1) is 0 Å². The maximum absolute atomic E-state index is 11.7. The first-order valence-electron chi connectivity index (χ1n) is 6.49. The van der Waals surface area contributed by atoms with Crippen molar-refractivity contribution in [3.8, 4) is 5.75 Å². The van der Waals surface area contributed by atoms with Crippen LogP contribution >= 0.6 is 0 Å². The molecule has 1 atom stereocenters. The molecule has 19 heavy (non-hydrogen) atoms. The zero-order chi connectivity index (χ0) is 14.0. The van der Waals surface area contributed by atoms with E-state index in [0.717, 1.165) is 18.5 Å². The average molecular weight is 264 g/mol. The molecule has 1 aromatic rings. The SMILES string of the molecule is CC(O)c1ccc(N(C)CC(=O)NC2CC2)cc1O. The van der Waals surface area contributed by atoms with Gasteiger partial charge in [0.15, 0.2) is 0 Å². The molecular formula is C14H20N2O3. The molecule has 0 aromatic heterocycles. The standard InChI is InChI=1S/C14H20N2O3/c1-9(17)12-6-5-11(7-13(12)18)16(2)8-14(19)15-10-3-4-10/h5-7,9-10,17-18H,3-4,8H2,1-2H3,(H,15,19). The fraction of sp³-hybridized carbons (Fsp3) is 0.500. The molecule has 0 bridgehead atoms. The lowest BCUT2D eigenvalue weighted by molar-refractivity contribution is -0.119. The van der Waals surface area contributed by atoms with E-state index in [0.29, 0.717) is 11.6 Å². The number of aliphatic hydroxyl groups is 1. The second-order valence-electron chi connectivity index (χ2n) is 5.12. The maximum atomic E-state index is 11.7. The van der Waals surface area contributed by atoms with Crippen LogP contribution in [0.4, 0.5) is 5.69 Å². The Balaban J connectivity index is 1.99. The smallest absolute Gasteiger partial charge is 0.239 e. The zero-order valence-electron chi connectivity index (χ0n) is 11.3. The minimum absolute atomic E-state index is 0.0101. The first-order valence-corrected chi connectivity index (χ1v) is 6.49. The van der Waals surface area contributed by atoms with Crippen molar-refractivity contribution in [3.63, 3.8) is 0 Å². The number of anilines is 1. The summed E-state index contributed by atoms with van der Waals surface area (Å²) in [6, 6.07) is 5.37. The predicted octanol–water partition coefficient (Wildman–Crippen LogP) is 1.16. The maximum Gasteiger partial charge on any atom is 0.239 e. The highest BCUT2D eigenvalue weighted by atomic mass is 16.3. The van der Waals surface area contributed by atoms with Crippen LogP contribution < -0.4 is 10.2 Å². The normalized spacial score (nSPS) is 15.9. The zero-order valence-corrected chi connectivity index (χ0v) is 11.3. The number of rotatable bonds is 5. The number of likely N-dealkylation sites (N-methyl/N-ethyl adjacent to an activating group) is 1. The minimum Gasteiger partial charge on any atom is -0.507 e. The van der Waals surface area contributed by atoms with Crippen molar-refractivity contribution in [3.05, 3.63) is 23.8 Å². The van der Waals surface area contributed by atoms with E-state index in [1.54, 1.807) is 37.1 Å². The molecule has 1 unspecified atom stereocenters. The highest BCUT2D eigenvalue weighted by Crippen LogP contribution is 2.28. The number of aromatic hydroxyl groups is 1. The summed E-state index contributed by atoms with van der Waals surface area (Å²) >= 11 is 0. The number of benzene rings is 1. The van der Waals surface area contributed by atoms with E-state index in [9.17, 15) is 15.0 Å². The molecule has 5 heteroatoms. The molecule has 104 valence electrons. The number of nitrogens with zero attached hydrogens (tertiary/aromatic N) is 1. The number of nitrogens with one attached hydrogen (secondary N) is 1. The minimum atomic E-state index is -0.711. The van der Waals surface area contributed by atoms with Crippen molar-refractivity contribution >= 4 is 11.6 Å². The van der Waals surface area contributed by atoms with Crippen LogP contribution in [0.2, 0.25) is 0 Å². The van der Waals surface area contributed by atoms with Crippen LogP contribution in [0.5, 0.6) is 5.75 Å². The summed E-state index contributed by atoms with van der Waals surface area (Å²) in [5, 5.41) is 22.2. The average Bonchev–Trinajstić information content (AvgIpc) is 3.11. The van der Waals surface area contributed by atoms with E-state index >= 15 is 0 Å². The van der Waals surface area contributed by atoms with Gasteiger partial charge in [-0.05, 0) is 25.8 Å². The summed E-state index contributed by atoms with van der Waals surface area (Å²) in [4.78, 5) is 13.4. The number of phenolic OH excluding ortho intramolecular Hbond substituents is 1. The number of aliphatic hydroxyl groups excluding tert-OH is 1. The quantitative estimate of drug-likeness (QED) is 0.746. The number of phenols is 1. The molecule has 1 amide bonds. The number of hydrogen-bond acceptors (Lipinski definition) is 4. The Hall–Kier alpha value is -1.75. The first kappa shape index (κ1) is 13.7. The third-order valence-electron chi connectivity index (χ3n) is 3.23. The lowest BCUT2D eigenvalue weighted by Gasteiger charge is -2.20. The van der Waals surface area contributed by atoms with Crippen LogP contribution in [-0.4, -0.2) is 35.8 Å². The molecule has 1 saturated carbocycles. The number of hydrogen-bond donors (Lipinski definition) is 3. The molecule has 0 radical (unpaired) electrons. The highest BCUT2D eigenvalue weighted by Gasteiger charge is 2.23. The molecule has 0 heterocycles. The Kier molecular flexibility index (Phi) is 3.95. The summed E-state index contributed by atoms with van der Waals surface area (Å²) in [5.41, 5.74) is 1.23. The van der Waals surface area contributed by atoms with Gasteiger partial charge in [-0.2, -0.15) is 0 Å². The summed E-state index contributed by atoms with van der Waals surface area (Å²) in [5.74, 6) is 0.0334. The largest absolute Gasteiger partial charge is 0.507 e. The summed E-state index contributed by atoms with van der Waals surface area (Å²) < 4.78 is 0. The van der Waals surface area contributed by atoms with Gasteiger partial charge in [0.2, 0.25) is 5.91 Å². The molecule has 3 N–H and O–H groups in total. The summed E-state index contributed by atoms with van der Waals surface area (Å²) in [6.07, 6.45) is 1.43. The van der Waals surface area contributed by atoms with Crippen molar-refractivity contribution in [1.82, 2.24) is 5.32 Å². The fourth-order valence-electron chi connectivity index (χ4n) is 1.93. The fourth-order valence-corrected chi connectivity index (χ4v) is 1.93. The number of amides is 1. The van der Waals surface area contributed by atoms with Gasteiger partial charge in [-0.1, -0.05) is 6.07 Å². The van der Waals surface area contributed by atoms with Crippen LogP contribution in [0.1, 0.15) is 31.4 Å². The van der Waals surface area contributed by atoms with Gasteiger partial charge in [0.25, 0.3) is 0 Å². The molecule has 1 aromatic carbocycles. The molecule has 0 aliphatic heterocycles. The van der Waals surface area contributed by atoms with Crippen LogP contribution in [-0.2, 0) is 4.79 Å². The van der Waals surface area contributed by atoms with E-state index in [2.05, 4.69) is 5.32 Å². The van der Waals surface area contributed by atoms with Crippen LogP contribution in [0.15, 0.2) is 18.2 Å². The molecule has 1 fully saturated rings. The van der Waals surface area contributed by atoms with E-state index in [-0.39, 0.29) is 18.2 Å². The molecule has 0 saturated heterocycles. The third kappa shape index (κ3) is 3.61. The Bertz CT molecular complexity index is 470. The van der Waals surface area contributed by atoms with E-state index in [1.807, 2.05) is 0 Å². The second-order valence-corrected chi connectivity index (χ2v) is 5.12. The molecule has 1 aliphatic carbocycles. The van der Waals surface area contributed by atoms with Crippen molar-refractivity contribution in [2.24, 2.45) is 0 Å². The third-order valence-corrected chi connectivity index (χ3v) is 3.23. The van der Waals surface area contributed by atoms with Crippen molar-refractivity contribution in [2.45, 2.75) is 31.9 Å². The van der Waals surface area contributed by atoms with Gasteiger partial charge in [0.05, 0.1) is 12.6 Å². The summed E-state index contributed by atoms with van der Waals surface area (Å²) in [6.45, 7) is 1.85. The Morgan fingerprint density at radius 3 is 2.74 bits per heavy atom. The predicted molar refractivity (Wildman–Crippen MR) is 73.2 cm³/mol. The number of carbonyl (C=O) groups is 1. The van der Waals surface area contributed by atoms with Crippen molar-refractivity contribution < 1.29 is 15.0 Å². The van der Waals surface area contributed by atoms with Gasteiger partial charge in [0.1, 0.15) is 5.75 Å². The van der Waals surface area contributed by atoms with Crippen LogP contribution in [0, 0.1) is 0 Å². The molecule has 5 nitrogen and oxygen atoms in total. The van der Waals surface area contributed by atoms with Gasteiger partial charge in [-0.25, -0.2) is 0 Å². The molecule has 1 aliphatic rings. The van der Waals surface area contributed by atoms with E-state index in [1.165, 1.54) is 0 Å². The number of carbonyl (C=O) groups excluding carboxylic acids is 1. The topological polar surface area (TPSA) is 72.8 Å². The van der Waals surface area contributed by atoms with Gasteiger partial charge < -0.3 is 20.4 Å². The molecule has 0 spiro atoms. The van der Waals surface area contributed by atoms with Gasteiger partial charge in [-0.3, -0.25) is 4.79 Å².